The minimum Gasteiger partial charge on any atom is -0.374 e. The fraction of sp³-hybridized carbons (Fsp3) is 0.923. The van der Waals surface area contributed by atoms with Crippen LogP contribution in [0, 0.1) is 0 Å². The van der Waals surface area contributed by atoms with E-state index >= 15 is 0 Å². The standard InChI is InChI=1S/C8H12O3S.C5H10O2/c1-5(9)12-7-4-11-6-2-3-10-8(6)7;6-5-3-1-2-4-7-5/h6-8H,2-4H2,1H3;5-6H,1-4H2/t6-,7?,8+;/m1./s1. The molecule has 0 amide bonds. The summed E-state index contributed by atoms with van der Waals surface area (Å²) in [6.07, 6.45) is 3.98. The molecule has 0 saturated carbocycles. The monoisotopic (exact) mass is 290 g/mol. The van der Waals surface area contributed by atoms with Gasteiger partial charge in [0.1, 0.15) is 0 Å². The third-order valence-corrected chi connectivity index (χ3v) is 4.43. The third-order valence-electron chi connectivity index (χ3n) is 3.39. The summed E-state index contributed by atoms with van der Waals surface area (Å²) >= 11 is 1.35. The maximum Gasteiger partial charge on any atom is 0.186 e. The van der Waals surface area contributed by atoms with E-state index in [1.165, 1.54) is 11.8 Å². The van der Waals surface area contributed by atoms with E-state index in [0.29, 0.717) is 6.61 Å². The lowest BCUT2D eigenvalue weighted by Gasteiger charge is -2.16. The van der Waals surface area contributed by atoms with Crippen molar-refractivity contribution >= 4 is 16.9 Å². The summed E-state index contributed by atoms with van der Waals surface area (Å²) in [7, 11) is 0. The second kappa shape index (κ2) is 7.59. The van der Waals surface area contributed by atoms with Crippen LogP contribution in [0.15, 0.2) is 0 Å². The lowest BCUT2D eigenvalue weighted by molar-refractivity contribution is -0.123. The SMILES string of the molecule is CC(=O)SC1CO[C@@H]2CCO[C@H]12.OC1CCCCO1. The molecule has 0 aromatic rings. The van der Waals surface area contributed by atoms with Crippen molar-refractivity contribution in [1.29, 1.82) is 0 Å². The molecule has 0 bridgehead atoms. The number of aliphatic hydroxyl groups excluding tert-OH is 1. The molecule has 3 fully saturated rings. The van der Waals surface area contributed by atoms with Crippen LogP contribution in [-0.2, 0) is 19.0 Å². The van der Waals surface area contributed by atoms with Crippen molar-refractivity contribution in [1.82, 2.24) is 0 Å². The highest BCUT2D eigenvalue weighted by Gasteiger charge is 2.42. The molecule has 0 radical (unpaired) electrons. The summed E-state index contributed by atoms with van der Waals surface area (Å²) in [6, 6.07) is 0. The van der Waals surface area contributed by atoms with E-state index in [9.17, 15) is 4.79 Å². The Morgan fingerprint density at radius 1 is 1.16 bits per heavy atom. The molecule has 6 heteroatoms. The Kier molecular flexibility index (Phi) is 6.09. The fourth-order valence-corrected chi connectivity index (χ4v) is 3.43. The van der Waals surface area contributed by atoms with Crippen LogP contribution in [0.1, 0.15) is 32.6 Å². The number of hydrogen-bond acceptors (Lipinski definition) is 6. The number of carbonyl (C=O) groups excluding carboxylic acids is 1. The van der Waals surface area contributed by atoms with Crippen molar-refractivity contribution in [2.45, 2.75) is 56.4 Å². The molecule has 19 heavy (non-hydrogen) atoms. The van der Waals surface area contributed by atoms with E-state index in [1.54, 1.807) is 6.92 Å². The summed E-state index contributed by atoms with van der Waals surface area (Å²) in [4.78, 5) is 10.8. The molecule has 2 unspecified atom stereocenters. The summed E-state index contributed by atoms with van der Waals surface area (Å²) < 4.78 is 15.8. The highest BCUT2D eigenvalue weighted by atomic mass is 32.2. The molecule has 1 N–H and O–H groups in total. The number of rotatable bonds is 1. The number of thioether (sulfide) groups is 1. The fourth-order valence-electron chi connectivity index (χ4n) is 2.47. The minimum absolute atomic E-state index is 0.153. The highest BCUT2D eigenvalue weighted by Crippen LogP contribution is 2.33. The number of fused-ring (bicyclic) bond motifs is 1. The first-order chi connectivity index (χ1) is 9.16. The zero-order valence-electron chi connectivity index (χ0n) is 11.2. The average molecular weight is 290 g/mol. The predicted octanol–water partition coefficient (Wildman–Crippen LogP) is 1.33. The van der Waals surface area contributed by atoms with Crippen LogP contribution >= 0.6 is 11.8 Å². The number of aliphatic hydroxyl groups is 1. The van der Waals surface area contributed by atoms with Gasteiger partial charge in [-0.2, -0.15) is 0 Å². The van der Waals surface area contributed by atoms with Gasteiger partial charge in [-0.3, -0.25) is 4.79 Å². The zero-order chi connectivity index (χ0) is 13.7. The van der Waals surface area contributed by atoms with Crippen molar-refractivity contribution in [3.63, 3.8) is 0 Å². The van der Waals surface area contributed by atoms with E-state index in [2.05, 4.69) is 0 Å². The first-order valence-corrected chi connectivity index (χ1v) is 7.75. The quantitative estimate of drug-likeness (QED) is 0.786. The summed E-state index contributed by atoms with van der Waals surface area (Å²) in [5.41, 5.74) is 0. The van der Waals surface area contributed by atoms with E-state index < -0.39 is 6.29 Å². The van der Waals surface area contributed by atoms with Crippen LogP contribution in [-0.4, -0.2) is 53.8 Å². The Balaban J connectivity index is 0.000000163. The molecule has 110 valence electrons. The number of carbonyl (C=O) groups is 1. The molecule has 3 saturated heterocycles. The lowest BCUT2D eigenvalue weighted by atomic mass is 10.2. The molecule has 3 aliphatic heterocycles. The van der Waals surface area contributed by atoms with Crippen molar-refractivity contribution in [3.8, 4) is 0 Å². The molecule has 3 heterocycles. The van der Waals surface area contributed by atoms with E-state index in [4.69, 9.17) is 19.3 Å². The Labute approximate surface area is 118 Å². The second-order valence-electron chi connectivity index (χ2n) is 4.96. The summed E-state index contributed by atoms with van der Waals surface area (Å²) in [6.45, 7) is 3.78. The predicted molar refractivity (Wildman–Crippen MR) is 72.0 cm³/mol. The van der Waals surface area contributed by atoms with Crippen LogP contribution in [0.2, 0.25) is 0 Å². The van der Waals surface area contributed by atoms with Gasteiger partial charge in [0, 0.05) is 20.1 Å². The molecule has 3 aliphatic rings. The first kappa shape index (κ1) is 15.3. The van der Waals surface area contributed by atoms with Crippen molar-refractivity contribution in [2.75, 3.05) is 19.8 Å². The minimum atomic E-state index is -0.464. The van der Waals surface area contributed by atoms with Gasteiger partial charge in [-0.15, -0.1) is 0 Å². The van der Waals surface area contributed by atoms with E-state index in [0.717, 1.165) is 38.9 Å². The van der Waals surface area contributed by atoms with Crippen LogP contribution in [0.5, 0.6) is 0 Å². The van der Waals surface area contributed by atoms with Gasteiger partial charge in [-0.1, -0.05) is 11.8 Å². The average Bonchev–Trinajstić information content (AvgIpc) is 2.96. The summed E-state index contributed by atoms with van der Waals surface area (Å²) in [5, 5.41) is 9.07. The summed E-state index contributed by atoms with van der Waals surface area (Å²) in [5.74, 6) is 0. The number of hydrogen-bond donors (Lipinski definition) is 1. The molecule has 4 atom stereocenters. The van der Waals surface area contributed by atoms with Gasteiger partial charge in [-0.25, -0.2) is 0 Å². The Morgan fingerprint density at radius 3 is 2.58 bits per heavy atom. The molecule has 5 nitrogen and oxygen atoms in total. The van der Waals surface area contributed by atoms with E-state index in [1.807, 2.05) is 0 Å². The zero-order valence-corrected chi connectivity index (χ0v) is 12.1. The molecule has 0 aromatic carbocycles. The lowest BCUT2D eigenvalue weighted by Crippen LogP contribution is -2.25. The van der Waals surface area contributed by atoms with E-state index in [-0.39, 0.29) is 22.6 Å². The molecule has 0 aliphatic carbocycles. The smallest absolute Gasteiger partial charge is 0.186 e. The van der Waals surface area contributed by atoms with Crippen LogP contribution in [0.3, 0.4) is 0 Å². The van der Waals surface area contributed by atoms with Gasteiger partial charge in [0.2, 0.25) is 0 Å². The molecular weight excluding hydrogens is 268 g/mol. The van der Waals surface area contributed by atoms with Crippen molar-refractivity contribution < 1.29 is 24.1 Å². The van der Waals surface area contributed by atoms with Gasteiger partial charge in [0.05, 0.1) is 24.1 Å². The maximum absolute atomic E-state index is 10.8. The topological polar surface area (TPSA) is 65.0 Å². The maximum atomic E-state index is 10.8. The Morgan fingerprint density at radius 2 is 2.00 bits per heavy atom. The van der Waals surface area contributed by atoms with Crippen molar-refractivity contribution in [2.24, 2.45) is 0 Å². The Hall–Kier alpha value is -0.140. The van der Waals surface area contributed by atoms with Gasteiger partial charge >= 0.3 is 0 Å². The van der Waals surface area contributed by atoms with Gasteiger partial charge in [-0.05, 0) is 25.7 Å². The molecule has 3 rings (SSSR count). The van der Waals surface area contributed by atoms with Crippen molar-refractivity contribution in [3.05, 3.63) is 0 Å². The highest BCUT2D eigenvalue weighted by molar-refractivity contribution is 8.14. The number of ether oxygens (including phenoxy) is 3. The van der Waals surface area contributed by atoms with Crippen LogP contribution in [0.4, 0.5) is 0 Å². The largest absolute Gasteiger partial charge is 0.374 e. The van der Waals surface area contributed by atoms with Gasteiger partial charge in [0.25, 0.3) is 0 Å². The van der Waals surface area contributed by atoms with Gasteiger partial charge < -0.3 is 19.3 Å². The molecule has 0 aromatic heterocycles. The first-order valence-electron chi connectivity index (χ1n) is 6.87. The second-order valence-corrected chi connectivity index (χ2v) is 6.38. The normalized spacial score (nSPS) is 37.4. The van der Waals surface area contributed by atoms with Gasteiger partial charge in [0.15, 0.2) is 11.4 Å². The molecule has 0 spiro atoms. The van der Waals surface area contributed by atoms with Crippen LogP contribution < -0.4 is 0 Å². The Bertz CT molecular complexity index is 293. The third kappa shape index (κ3) is 4.72. The molecular formula is C13H22O5S. The van der Waals surface area contributed by atoms with Crippen LogP contribution in [0.25, 0.3) is 0 Å².